The second-order valence-electron chi connectivity index (χ2n) is 4.87. The summed E-state index contributed by atoms with van der Waals surface area (Å²) >= 11 is 0. The van der Waals surface area contributed by atoms with Crippen molar-refractivity contribution < 1.29 is 0 Å². The van der Waals surface area contributed by atoms with Crippen molar-refractivity contribution in [2.75, 3.05) is 6.54 Å². The van der Waals surface area contributed by atoms with Crippen LogP contribution in [0, 0.1) is 13.8 Å². The minimum absolute atomic E-state index is 0.614. The van der Waals surface area contributed by atoms with E-state index >= 15 is 0 Å². The van der Waals surface area contributed by atoms with E-state index in [4.69, 9.17) is 0 Å². The third-order valence-corrected chi connectivity index (χ3v) is 3.42. The van der Waals surface area contributed by atoms with Crippen molar-refractivity contribution in [1.82, 2.24) is 15.1 Å². The summed E-state index contributed by atoms with van der Waals surface area (Å²) in [5, 5.41) is 8.15. The fourth-order valence-electron chi connectivity index (χ4n) is 2.42. The number of hydrogen-bond acceptors (Lipinski definition) is 2. The van der Waals surface area contributed by atoms with Crippen LogP contribution in [0.15, 0.2) is 0 Å². The highest BCUT2D eigenvalue weighted by Crippen LogP contribution is 2.12. The molecule has 0 aromatic carbocycles. The summed E-state index contributed by atoms with van der Waals surface area (Å²) in [6, 6.07) is 0.614. The molecule has 0 spiro atoms. The van der Waals surface area contributed by atoms with Gasteiger partial charge in [-0.1, -0.05) is 20.3 Å². The smallest absolute Gasteiger partial charge is 0.0628 e. The molecule has 3 nitrogen and oxygen atoms in total. The predicted octanol–water partition coefficient (Wildman–Crippen LogP) is 2.84. The second-order valence-corrected chi connectivity index (χ2v) is 4.87. The minimum Gasteiger partial charge on any atom is -0.312 e. The topological polar surface area (TPSA) is 29.9 Å². The Balaban J connectivity index is 2.47. The van der Waals surface area contributed by atoms with Gasteiger partial charge >= 0.3 is 0 Å². The molecule has 0 fully saturated rings. The van der Waals surface area contributed by atoms with Crippen LogP contribution in [-0.2, 0) is 13.0 Å². The number of nitrogens with zero attached hydrogens (tertiary/aromatic N) is 2. The zero-order valence-electron chi connectivity index (χ0n) is 12.0. The molecule has 0 aliphatic carbocycles. The molecule has 0 saturated heterocycles. The minimum atomic E-state index is 0.614. The van der Waals surface area contributed by atoms with E-state index in [9.17, 15) is 0 Å². The molecule has 3 heteroatoms. The maximum Gasteiger partial charge on any atom is 0.0628 e. The molecule has 98 valence electrons. The summed E-state index contributed by atoms with van der Waals surface area (Å²) in [5.74, 6) is 0. The van der Waals surface area contributed by atoms with Gasteiger partial charge in [0.05, 0.1) is 12.2 Å². The molecule has 17 heavy (non-hydrogen) atoms. The third-order valence-electron chi connectivity index (χ3n) is 3.42. The van der Waals surface area contributed by atoms with Crippen LogP contribution < -0.4 is 5.32 Å². The van der Waals surface area contributed by atoms with Crippen LogP contribution in [0.2, 0.25) is 0 Å². The Labute approximate surface area is 106 Å². The first-order valence-corrected chi connectivity index (χ1v) is 6.86. The number of aromatic nitrogens is 2. The highest BCUT2D eigenvalue weighted by Gasteiger charge is 2.09. The Morgan fingerprint density at radius 2 is 2.00 bits per heavy atom. The maximum absolute atomic E-state index is 4.60. The average Bonchev–Trinajstić information content (AvgIpc) is 2.54. The van der Waals surface area contributed by atoms with Gasteiger partial charge in [-0.05, 0) is 39.2 Å². The molecule has 0 aliphatic rings. The average molecular weight is 237 g/mol. The lowest BCUT2D eigenvalue weighted by Crippen LogP contribution is -2.29. The normalized spacial score (nSPS) is 13.0. The van der Waals surface area contributed by atoms with Gasteiger partial charge in [-0.3, -0.25) is 4.68 Å². The summed E-state index contributed by atoms with van der Waals surface area (Å²) in [5.41, 5.74) is 3.92. The number of nitrogens with one attached hydrogen (secondary N) is 1. The summed E-state index contributed by atoms with van der Waals surface area (Å²) in [7, 11) is 0. The molecule has 1 heterocycles. The summed E-state index contributed by atoms with van der Waals surface area (Å²) in [6.45, 7) is 12.9. The van der Waals surface area contributed by atoms with E-state index in [0.29, 0.717) is 6.04 Å². The lowest BCUT2D eigenvalue weighted by molar-refractivity contribution is 0.468. The SMILES string of the molecule is CCCC(C)NCCn1nc(C)c(CC)c1C. The molecule has 1 unspecified atom stereocenters. The van der Waals surface area contributed by atoms with Crippen molar-refractivity contribution in [1.29, 1.82) is 0 Å². The molecule has 1 N–H and O–H groups in total. The largest absolute Gasteiger partial charge is 0.312 e. The summed E-state index contributed by atoms with van der Waals surface area (Å²) in [6.07, 6.45) is 3.57. The molecule has 1 aromatic rings. The zero-order valence-corrected chi connectivity index (χ0v) is 12.0. The van der Waals surface area contributed by atoms with Gasteiger partial charge in [0, 0.05) is 18.3 Å². The van der Waals surface area contributed by atoms with E-state index < -0.39 is 0 Å². The fourth-order valence-corrected chi connectivity index (χ4v) is 2.42. The first-order chi connectivity index (χ1) is 8.10. The van der Waals surface area contributed by atoms with Gasteiger partial charge in [0.25, 0.3) is 0 Å². The van der Waals surface area contributed by atoms with Crippen molar-refractivity contribution in [2.24, 2.45) is 0 Å². The quantitative estimate of drug-likeness (QED) is 0.790. The molecular formula is C14H27N3. The van der Waals surface area contributed by atoms with E-state index in [1.54, 1.807) is 0 Å². The van der Waals surface area contributed by atoms with E-state index in [2.05, 4.69) is 49.7 Å². The van der Waals surface area contributed by atoms with Gasteiger partial charge in [0.2, 0.25) is 0 Å². The Morgan fingerprint density at radius 1 is 1.29 bits per heavy atom. The molecule has 0 aliphatic heterocycles. The molecule has 1 aromatic heterocycles. The van der Waals surface area contributed by atoms with Gasteiger partial charge in [-0.25, -0.2) is 0 Å². The van der Waals surface area contributed by atoms with E-state index in [1.165, 1.54) is 29.8 Å². The Hall–Kier alpha value is -0.830. The lowest BCUT2D eigenvalue weighted by Gasteiger charge is -2.13. The van der Waals surface area contributed by atoms with Crippen molar-refractivity contribution in [2.45, 2.75) is 66.5 Å². The summed E-state index contributed by atoms with van der Waals surface area (Å²) < 4.78 is 2.14. The van der Waals surface area contributed by atoms with Gasteiger partial charge in [0.1, 0.15) is 0 Å². The Bertz CT molecular complexity index is 341. The van der Waals surface area contributed by atoms with Gasteiger partial charge in [-0.2, -0.15) is 5.10 Å². The first kappa shape index (κ1) is 14.2. The van der Waals surface area contributed by atoms with Gasteiger partial charge in [-0.15, -0.1) is 0 Å². The van der Waals surface area contributed by atoms with Gasteiger partial charge < -0.3 is 5.32 Å². The van der Waals surface area contributed by atoms with Crippen molar-refractivity contribution in [3.8, 4) is 0 Å². The van der Waals surface area contributed by atoms with E-state index in [-0.39, 0.29) is 0 Å². The molecule has 1 rings (SSSR count). The third kappa shape index (κ3) is 3.84. The van der Waals surface area contributed by atoms with Crippen LogP contribution in [0.25, 0.3) is 0 Å². The molecule has 0 saturated carbocycles. The highest BCUT2D eigenvalue weighted by molar-refractivity contribution is 5.24. The Kier molecular flexibility index (Phi) is 5.69. The number of hydrogen-bond donors (Lipinski definition) is 1. The monoisotopic (exact) mass is 237 g/mol. The number of aryl methyl sites for hydroxylation is 1. The highest BCUT2D eigenvalue weighted by atomic mass is 15.3. The molecule has 0 bridgehead atoms. The van der Waals surface area contributed by atoms with Crippen LogP contribution in [0.1, 0.15) is 50.6 Å². The van der Waals surface area contributed by atoms with Crippen LogP contribution in [-0.4, -0.2) is 22.4 Å². The first-order valence-electron chi connectivity index (χ1n) is 6.86. The van der Waals surface area contributed by atoms with Crippen LogP contribution in [0.3, 0.4) is 0 Å². The van der Waals surface area contributed by atoms with Crippen molar-refractivity contribution in [3.05, 3.63) is 17.0 Å². The van der Waals surface area contributed by atoms with E-state index in [0.717, 1.165) is 19.5 Å². The summed E-state index contributed by atoms with van der Waals surface area (Å²) in [4.78, 5) is 0. The second kappa shape index (κ2) is 6.80. The Morgan fingerprint density at radius 3 is 2.53 bits per heavy atom. The molecule has 1 atom stereocenters. The fraction of sp³-hybridized carbons (Fsp3) is 0.786. The lowest BCUT2D eigenvalue weighted by atomic mass is 10.1. The van der Waals surface area contributed by atoms with Crippen LogP contribution in [0.4, 0.5) is 0 Å². The number of rotatable bonds is 7. The predicted molar refractivity (Wildman–Crippen MR) is 73.5 cm³/mol. The zero-order chi connectivity index (χ0) is 12.8. The van der Waals surface area contributed by atoms with Crippen molar-refractivity contribution in [3.63, 3.8) is 0 Å². The van der Waals surface area contributed by atoms with Crippen LogP contribution in [0.5, 0.6) is 0 Å². The molecule has 0 amide bonds. The van der Waals surface area contributed by atoms with E-state index in [1.807, 2.05) is 0 Å². The maximum atomic E-state index is 4.60. The molecular weight excluding hydrogens is 210 g/mol. The van der Waals surface area contributed by atoms with Crippen LogP contribution >= 0.6 is 0 Å². The van der Waals surface area contributed by atoms with Gasteiger partial charge in [0.15, 0.2) is 0 Å². The van der Waals surface area contributed by atoms with Crippen molar-refractivity contribution >= 4 is 0 Å². The standard InChI is InChI=1S/C14H27N3/c1-6-8-11(3)15-9-10-17-13(5)14(7-2)12(4)16-17/h11,15H,6-10H2,1-5H3. The molecule has 0 radical (unpaired) electrons.